The first-order valence-corrected chi connectivity index (χ1v) is 7.77. The summed E-state index contributed by atoms with van der Waals surface area (Å²) in [5.41, 5.74) is -0.0572. The first kappa shape index (κ1) is 17.7. The third-order valence-corrected chi connectivity index (χ3v) is 3.75. The molecule has 0 aliphatic rings. The van der Waals surface area contributed by atoms with Crippen molar-refractivity contribution < 1.29 is 31.1 Å². The minimum atomic E-state index is -4.56. The van der Waals surface area contributed by atoms with Crippen LogP contribution in [0, 0.1) is 0 Å². The zero-order valence-electron chi connectivity index (χ0n) is 10.7. The molecule has 1 aromatic carbocycles. The number of hydrogen-bond acceptors (Lipinski definition) is 4. The fraction of sp³-hybridized carbons (Fsp3) is 0.364. The molecule has 1 N–H and O–H groups in total. The van der Waals surface area contributed by atoms with E-state index in [1.54, 1.807) is 5.32 Å². The van der Waals surface area contributed by atoms with Gasteiger partial charge in [-0.25, -0.2) is 8.42 Å². The van der Waals surface area contributed by atoms with E-state index in [1.165, 1.54) is 19.2 Å². The molecular weight excluding hydrogens is 335 g/mol. The summed E-state index contributed by atoms with van der Waals surface area (Å²) in [6.45, 7) is -1.60. The van der Waals surface area contributed by atoms with Gasteiger partial charge in [-0.3, -0.25) is 4.79 Å². The number of ether oxygens (including phenoxy) is 1. The number of alkyl halides is 3. The fourth-order valence-corrected chi connectivity index (χ4v) is 2.62. The molecule has 1 amide bonds. The molecule has 10 heteroatoms. The van der Waals surface area contributed by atoms with E-state index in [9.17, 15) is 26.4 Å². The lowest BCUT2D eigenvalue weighted by Crippen LogP contribution is -2.33. The topological polar surface area (TPSA) is 72.5 Å². The highest BCUT2D eigenvalue weighted by Gasteiger charge is 2.28. The van der Waals surface area contributed by atoms with Crippen molar-refractivity contribution in [2.45, 2.75) is 17.7 Å². The van der Waals surface area contributed by atoms with E-state index in [2.05, 4.69) is 0 Å². The standard InChI is InChI=1S/C11H11ClF3NO4S/c1-20-5-8-3-2-7(4-9(8)21(12,18)19)10(17)16-6-11(13,14)15/h2-4H,5-6H2,1H3,(H,16,17). The van der Waals surface area contributed by atoms with Crippen molar-refractivity contribution in [2.75, 3.05) is 13.7 Å². The molecule has 21 heavy (non-hydrogen) atoms. The zero-order chi connectivity index (χ0) is 16.3. The summed E-state index contributed by atoms with van der Waals surface area (Å²) in [5.74, 6) is -1.06. The van der Waals surface area contributed by atoms with Gasteiger partial charge in [-0.2, -0.15) is 13.2 Å². The number of carbonyl (C=O) groups excluding carboxylic acids is 1. The minimum absolute atomic E-state index is 0.0776. The average Bonchev–Trinajstić information content (AvgIpc) is 2.34. The zero-order valence-corrected chi connectivity index (χ0v) is 12.3. The highest BCUT2D eigenvalue weighted by atomic mass is 35.7. The Morgan fingerprint density at radius 1 is 1.38 bits per heavy atom. The van der Waals surface area contributed by atoms with Gasteiger partial charge in [-0.15, -0.1) is 0 Å². The van der Waals surface area contributed by atoms with Gasteiger partial charge in [0.1, 0.15) is 6.54 Å². The molecule has 0 saturated heterocycles. The van der Waals surface area contributed by atoms with Crippen LogP contribution in [0.25, 0.3) is 0 Å². The van der Waals surface area contributed by atoms with Crippen molar-refractivity contribution in [2.24, 2.45) is 0 Å². The molecule has 0 aromatic heterocycles. The smallest absolute Gasteiger partial charge is 0.380 e. The van der Waals surface area contributed by atoms with Gasteiger partial charge in [-0.1, -0.05) is 6.07 Å². The van der Waals surface area contributed by atoms with Gasteiger partial charge in [0.2, 0.25) is 0 Å². The van der Waals surface area contributed by atoms with Gasteiger partial charge in [0.15, 0.2) is 0 Å². The van der Waals surface area contributed by atoms with Gasteiger partial charge in [0, 0.05) is 23.4 Å². The fourth-order valence-electron chi connectivity index (χ4n) is 1.48. The number of benzene rings is 1. The van der Waals surface area contributed by atoms with Gasteiger partial charge in [-0.05, 0) is 17.7 Å². The van der Waals surface area contributed by atoms with Crippen molar-refractivity contribution in [1.82, 2.24) is 5.32 Å². The lowest BCUT2D eigenvalue weighted by atomic mass is 10.1. The minimum Gasteiger partial charge on any atom is -0.380 e. The number of carbonyl (C=O) groups is 1. The molecule has 0 spiro atoms. The summed E-state index contributed by atoms with van der Waals surface area (Å²) >= 11 is 0. The molecule has 5 nitrogen and oxygen atoms in total. The summed E-state index contributed by atoms with van der Waals surface area (Å²) in [7, 11) is 2.39. The van der Waals surface area contributed by atoms with Gasteiger partial charge >= 0.3 is 6.18 Å². The van der Waals surface area contributed by atoms with Crippen LogP contribution in [0.3, 0.4) is 0 Å². The maximum absolute atomic E-state index is 12.0. The van der Waals surface area contributed by atoms with E-state index in [0.29, 0.717) is 0 Å². The van der Waals surface area contributed by atoms with E-state index in [4.69, 9.17) is 15.4 Å². The van der Waals surface area contributed by atoms with Crippen LogP contribution in [-0.2, 0) is 20.4 Å². The van der Waals surface area contributed by atoms with Gasteiger partial charge in [0.25, 0.3) is 15.0 Å². The Morgan fingerprint density at radius 2 is 2.00 bits per heavy atom. The van der Waals surface area contributed by atoms with Crippen LogP contribution < -0.4 is 5.32 Å². The lowest BCUT2D eigenvalue weighted by molar-refractivity contribution is -0.123. The van der Waals surface area contributed by atoms with Crippen LogP contribution >= 0.6 is 10.7 Å². The van der Waals surface area contributed by atoms with Gasteiger partial charge < -0.3 is 10.1 Å². The molecule has 118 valence electrons. The van der Waals surface area contributed by atoms with Crippen LogP contribution in [0.1, 0.15) is 15.9 Å². The first-order valence-electron chi connectivity index (χ1n) is 5.46. The van der Waals surface area contributed by atoms with Crippen molar-refractivity contribution in [1.29, 1.82) is 0 Å². The maximum atomic E-state index is 12.0. The third kappa shape index (κ3) is 5.52. The molecule has 1 aromatic rings. The molecule has 0 radical (unpaired) electrons. The molecule has 0 saturated carbocycles. The second kappa shape index (κ2) is 6.63. The monoisotopic (exact) mass is 345 g/mol. The second-order valence-electron chi connectivity index (χ2n) is 3.99. The number of halogens is 4. The predicted molar refractivity (Wildman–Crippen MR) is 68.6 cm³/mol. The van der Waals surface area contributed by atoms with E-state index in [0.717, 1.165) is 6.07 Å². The molecule has 0 bridgehead atoms. The Kier molecular flexibility index (Phi) is 5.60. The molecule has 0 fully saturated rings. The summed E-state index contributed by atoms with van der Waals surface area (Å²) in [4.78, 5) is 11.2. The predicted octanol–water partition coefficient (Wildman–Crippen LogP) is 2.05. The van der Waals surface area contributed by atoms with E-state index >= 15 is 0 Å². The Morgan fingerprint density at radius 3 is 2.48 bits per heavy atom. The molecule has 0 heterocycles. The SMILES string of the molecule is COCc1ccc(C(=O)NCC(F)(F)F)cc1S(=O)(=O)Cl. The lowest BCUT2D eigenvalue weighted by Gasteiger charge is -2.11. The number of amides is 1. The van der Waals surface area contributed by atoms with E-state index in [1.807, 2.05) is 0 Å². The van der Waals surface area contributed by atoms with Crippen LogP contribution in [0.5, 0.6) is 0 Å². The second-order valence-corrected chi connectivity index (χ2v) is 6.53. The highest BCUT2D eigenvalue weighted by molar-refractivity contribution is 8.13. The normalized spacial score (nSPS) is 12.2. The van der Waals surface area contributed by atoms with E-state index < -0.39 is 27.7 Å². The molecule has 0 aliphatic carbocycles. The van der Waals surface area contributed by atoms with Crippen LogP contribution in [0.2, 0.25) is 0 Å². The third-order valence-electron chi connectivity index (χ3n) is 2.34. The molecule has 0 unspecified atom stereocenters. The van der Waals surface area contributed by atoms with Crippen molar-refractivity contribution in [3.8, 4) is 0 Å². The van der Waals surface area contributed by atoms with Crippen molar-refractivity contribution in [3.05, 3.63) is 29.3 Å². The number of rotatable bonds is 5. The quantitative estimate of drug-likeness (QED) is 0.829. The summed E-state index contributed by atoms with van der Waals surface area (Å²) < 4.78 is 63.7. The Bertz CT molecular complexity index is 631. The average molecular weight is 346 g/mol. The van der Waals surface area contributed by atoms with Crippen molar-refractivity contribution >= 4 is 25.6 Å². The summed E-state index contributed by atoms with van der Waals surface area (Å²) in [6.07, 6.45) is -4.56. The van der Waals surface area contributed by atoms with Gasteiger partial charge in [0.05, 0.1) is 11.5 Å². The number of hydrogen-bond donors (Lipinski definition) is 1. The highest BCUT2D eigenvalue weighted by Crippen LogP contribution is 2.22. The van der Waals surface area contributed by atoms with E-state index in [-0.39, 0.29) is 22.6 Å². The first-order chi connectivity index (χ1) is 9.54. The Balaban J connectivity index is 3.08. The number of methoxy groups -OCH3 is 1. The van der Waals surface area contributed by atoms with Crippen LogP contribution in [0.15, 0.2) is 23.1 Å². The molecular formula is C11H11ClF3NO4S. The van der Waals surface area contributed by atoms with Crippen LogP contribution in [0.4, 0.5) is 13.2 Å². The molecule has 0 aliphatic heterocycles. The van der Waals surface area contributed by atoms with Crippen molar-refractivity contribution in [3.63, 3.8) is 0 Å². The van der Waals surface area contributed by atoms with Crippen LogP contribution in [-0.4, -0.2) is 34.2 Å². The summed E-state index contributed by atoms with van der Waals surface area (Å²) in [6, 6.07) is 3.34. The number of nitrogens with one attached hydrogen (secondary N) is 1. The Hall–Kier alpha value is -1.32. The molecule has 1 rings (SSSR count). The maximum Gasteiger partial charge on any atom is 0.405 e. The molecule has 0 atom stereocenters. The Labute approximate surface area is 123 Å². The largest absolute Gasteiger partial charge is 0.405 e. The summed E-state index contributed by atoms with van der Waals surface area (Å²) in [5, 5.41) is 1.64.